The number of nitrogens with two attached hydrogens (primary N) is 2. The maximum absolute atomic E-state index is 12.3. The number of thioether (sulfide) groups is 2. The van der Waals surface area contributed by atoms with Crippen LogP contribution in [0.4, 0.5) is 38.2 Å². The molecule has 0 aromatic carbocycles. The van der Waals surface area contributed by atoms with Gasteiger partial charge < -0.3 is 39.9 Å². The van der Waals surface area contributed by atoms with Crippen molar-refractivity contribution in [3.63, 3.8) is 0 Å². The number of imidazole rings is 2. The maximum atomic E-state index is 12.3. The summed E-state index contributed by atoms with van der Waals surface area (Å²) in [6.45, 7) is 0.234. The summed E-state index contributed by atoms with van der Waals surface area (Å²) in [5.74, 6) is 1.85. The minimum atomic E-state index is -4.92. The fourth-order valence-corrected chi connectivity index (χ4v) is 7.24. The van der Waals surface area contributed by atoms with E-state index in [1.807, 2.05) is 6.92 Å². The van der Waals surface area contributed by atoms with E-state index in [-0.39, 0.29) is 31.7 Å². The van der Waals surface area contributed by atoms with Crippen LogP contribution in [0.3, 0.4) is 0 Å². The first-order valence-electron chi connectivity index (χ1n) is 15.7. The van der Waals surface area contributed by atoms with Gasteiger partial charge in [0.05, 0.1) is 25.9 Å². The predicted octanol–water partition coefficient (Wildman–Crippen LogP) is 5.30. The van der Waals surface area contributed by atoms with Gasteiger partial charge in [0, 0.05) is 13.1 Å². The van der Waals surface area contributed by atoms with Gasteiger partial charge in [0.1, 0.15) is 33.8 Å². The van der Waals surface area contributed by atoms with Gasteiger partial charge in [-0.15, -0.1) is 23.5 Å². The Bertz CT molecular complexity index is 1880. The summed E-state index contributed by atoms with van der Waals surface area (Å²) in [7, 11) is -8.98. The Morgan fingerprint density at radius 2 is 1.13 bits per heavy atom. The fraction of sp³-hybridized carbons (Fsp3) is 0.615. The molecule has 0 fully saturated rings. The van der Waals surface area contributed by atoms with Gasteiger partial charge in [0.2, 0.25) is 11.9 Å². The van der Waals surface area contributed by atoms with Crippen LogP contribution in [0.15, 0.2) is 22.7 Å². The number of alkyl halides is 6. The van der Waals surface area contributed by atoms with Gasteiger partial charge in [-0.1, -0.05) is 13.8 Å². The molecule has 0 amide bonds. The number of aromatic nitrogens is 8. The number of ether oxygens (including phenoxy) is 2. The van der Waals surface area contributed by atoms with E-state index in [1.54, 1.807) is 22.7 Å². The molecule has 4 heterocycles. The van der Waals surface area contributed by atoms with Crippen LogP contribution < -0.4 is 11.5 Å². The summed E-state index contributed by atoms with van der Waals surface area (Å²) in [6.07, 6.45) is -6.66. The number of nitrogens with zero attached hydrogens (tertiary/aromatic N) is 8. The molecule has 54 heavy (non-hydrogen) atoms. The second-order valence-corrected chi connectivity index (χ2v) is 16.6. The number of nitrogen functional groups attached to an aromatic ring is 2. The molecule has 0 aliphatic heterocycles. The molecule has 0 saturated carbocycles. The first-order chi connectivity index (χ1) is 25.2. The molecule has 0 unspecified atom stereocenters. The smallest absolute Gasteiger partial charge is 0.368 e. The summed E-state index contributed by atoms with van der Waals surface area (Å²) in [4.78, 5) is 42.6. The topological polar surface area (TPSA) is 251 Å². The van der Waals surface area contributed by atoms with Crippen molar-refractivity contribution in [3.05, 3.63) is 12.7 Å². The van der Waals surface area contributed by atoms with Gasteiger partial charge in [-0.3, -0.25) is 18.2 Å². The van der Waals surface area contributed by atoms with E-state index < -0.39 is 53.5 Å². The van der Waals surface area contributed by atoms with Crippen LogP contribution >= 0.6 is 38.7 Å². The molecule has 6 N–H and O–H groups in total. The van der Waals surface area contributed by atoms with Crippen LogP contribution in [0.25, 0.3) is 22.3 Å². The lowest BCUT2D eigenvalue weighted by Crippen LogP contribution is -2.21. The number of fused-ring (bicyclic) bond motifs is 2. The average Bonchev–Trinajstić information content (AvgIpc) is 3.68. The van der Waals surface area contributed by atoms with Crippen molar-refractivity contribution in [1.82, 2.24) is 39.0 Å². The summed E-state index contributed by atoms with van der Waals surface area (Å²) >= 11 is 3.00. The third kappa shape index (κ3) is 15.7. The SMILES string of the molecule is CCCSc1nc(N)nc2c1ncn2CCOCP(=O)(O)O.CCCSc1nc(N)nc2c1ncn2CCOCP(=O)(OCC(F)(F)F)OCC(F)(F)F. The fourth-order valence-electron chi connectivity index (χ4n) is 3.94. The lowest BCUT2D eigenvalue weighted by molar-refractivity contribution is -0.166. The number of anilines is 2. The second-order valence-electron chi connectivity index (χ2n) is 10.8. The van der Waals surface area contributed by atoms with E-state index in [0.29, 0.717) is 33.9 Å². The number of hydrogen-bond donors (Lipinski definition) is 4. The normalized spacial score (nSPS) is 12.8. The average molecular weight is 859 g/mol. The summed E-state index contributed by atoms with van der Waals surface area (Å²) in [5, 5.41) is 1.30. The van der Waals surface area contributed by atoms with Crippen LogP contribution in [0.2, 0.25) is 0 Å². The number of rotatable bonds is 20. The van der Waals surface area contributed by atoms with Crippen molar-refractivity contribution in [2.45, 2.75) is 62.2 Å². The molecule has 0 atom stereocenters. The van der Waals surface area contributed by atoms with E-state index in [9.17, 15) is 35.5 Å². The molecular formula is C26H38F6N10O8P2S2. The minimum Gasteiger partial charge on any atom is -0.368 e. The molecule has 0 radical (unpaired) electrons. The highest BCUT2D eigenvalue weighted by Crippen LogP contribution is 2.50. The van der Waals surface area contributed by atoms with Gasteiger partial charge in [-0.05, 0) is 24.3 Å². The Balaban J connectivity index is 0.000000311. The van der Waals surface area contributed by atoms with E-state index in [1.165, 1.54) is 22.7 Å². The summed E-state index contributed by atoms with van der Waals surface area (Å²) < 4.78 is 118. The van der Waals surface area contributed by atoms with E-state index in [2.05, 4.69) is 45.9 Å². The standard InChI is InChI=1S/C15H20F6N5O4PS.C11H18N5O4PS/c1-2-5-32-12-10-11(24-13(22)25-12)26(8-23-10)3-4-28-9-31(27,29-6-14(16,17)18)30-7-15(19,20)21;1-2-5-22-10-8-9(14-11(12)15-10)16(6-13-8)3-4-20-7-21(17,18)19/h8H,2-7,9H2,1H3,(H2,22,24,25);6H,2-5,7H2,1H3,(H2,12,14,15)(H2,17,18,19). The Morgan fingerprint density at radius 3 is 1.50 bits per heavy atom. The van der Waals surface area contributed by atoms with E-state index in [4.69, 9.17) is 30.7 Å². The lowest BCUT2D eigenvalue weighted by Gasteiger charge is -2.20. The van der Waals surface area contributed by atoms with E-state index in [0.717, 1.165) is 29.4 Å². The maximum Gasteiger partial charge on any atom is 0.412 e. The van der Waals surface area contributed by atoms with Crippen LogP contribution in [-0.4, -0.2) is 112 Å². The Labute approximate surface area is 312 Å². The highest BCUT2D eigenvalue weighted by atomic mass is 32.2. The largest absolute Gasteiger partial charge is 0.412 e. The van der Waals surface area contributed by atoms with Gasteiger partial charge in [-0.2, -0.15) is 36.3 Å². The molecule has 4 aromatic heterocycles. The highest BCUT2D eigenvalue weighted by Gasteiger charge is 2.38. The molecule has 4 rings (SSSR count). The van der Waals surface area contributed by atoms with Gasteiger partial charge in [0.15, 0.2) is 24.5 Å². The molecular weight excluding hydrogens is 820 g/mol. The highest BCUT2D eigenvalue weighted by molar-refractivity contribution is 7.99. The van der Waals surface area contributed by atoms with Crippen molar-refractivity contribution < 1.29 is 63.8 Å². The zero-order valence-corrected chi connectivity index (χ0v) is 32.1. The van der Waals surface area contributed by atoms with Crippen molar-refractivity contribution in [1.29, 1.82) is 0 Å². The second kappa shape index (κ2) is 20.4. The summed E-state index contributed by atoms with van der Waals surface area (Å²) in [6, 6.07) is 0. The van der Waals surface area contributed by atoms with Crippen molar-refractivity contribution in [2.24, 2.45) is 0 Å². The minimum absolute atomic E-state index is 0.00405. The molecule has 304 valence electrons. The first kappa shape index (κ1) is 45.6. The van der Waals surface area contributed by atoms with Gasteiger partial charge >= 0.3 is 27.5 Å². The zero-order chi connectivity index (χ0) is 40.2. The van der Waals surface area contributed by atoms with Crippen molar-refractivity contribution in [3.8, 4) is 0 Å². The Morgan fingerprint density at radius 1 is 0.722 bits per heavy atom. The molecule has 0 spiro atoms. The van der Waals surface area contributed by atoms with Crippen LogP contribution in [0.1, 0.15) is 26.7 Å². The van der Waals surface area contributed by atoms with Gasteiger partial charge in [0.25, 0.3) is 0 Å². The molecule has 28 heteroatoms. The zero-order valence-electron chi connectivity index (χ0n) is 28.7. The van der Waals surface area contributed by atoms with E-state index >= 15 is 0 Å². The molecule has 0 aliphatic rings. The monoisotopic (exact) mass is 858 g/mol. The van der Waals surface area contributed by atoms with Gasteiger partial charge in [-0.25, -0.2) is 19.9 Å². The third-order valence-electron chi connectivity index (χ3n) is 6.10. The quantitative estimate of drug-likeness (QED) is 0.0289. The van der Waals surface area contributed by atoms with Crippen LogP contribution in [-0.2, 0) is 40.7 Å². The van der Waals surface area contributed by atoms with Crippen LogP contribution in [0.5, 0.6) is 0 Å². The van der Waals surface area contributed by atoms with Crippen molar-refractivity contribution in [2.75, 3.05) is 62.1 Å². The molecule has 0 saturated heterocycles. The molecule has 0 bridgehead atoms. The summed E-state index contributed by atoms with van der Waals surface area (Å²) in [5.41, 5.74) is 13.5. The number of hydrogen-bond acceptors (Lipinski definition) is 16. The Hall–Kier alpha value is -2.80. The third-order valence-corrected chi connectivity index (χ3v) is 10.5. The van der Waals surface area contributed by atoms with Crippen LogP contribution in [0, 0.1) is 0 Å². The molecule has 0 aliphatic carbocycles. The molecule has 18 nitrogen and oxygen atoms in total. The number of halogens is 6. The van der Waals surface area contributed by atoms with Crippen molar-refractivity contribution >= 4 is 72.9 Å². The Kier molecular flexibility index (Phi) is 17.2. The first-order valence-corrected chi connectivity index (χ1v) is 21.2. The molecule has 4 aromatic rings. The lowest BCUT2D eigenvalue weighted by atomic mass is 10.5. The predicted molar refractivity (Wildman–Crippen MR) is 187 cm³/mol.